The highest BCUT2D eigenvalue weighted by atomic mass is 16.2. The van der Waals surface area contributed by atoms with E-state index in [1.807, 2.05) is 28.0 Å². The van der Waals surface area contributed by atoms with Gasteiger partial charge in [0.15, 0.2) is 0 Å². The minimum Gasteiger partial charge on any atom is -0.342 e. The summed E-state index contributed by atoms with van der Waals surface area (Å²) in [7, 11) is 0. The monoisotopic (exact) mass is 330 g/mol. The number of benzene rings is 1. The topological polar surface area (TPSA) is 40.6 Å². The third-order valence-electron chi connectivity index (χ3n) is 4.70. The molecule has 0 saturated carbocycles. The number of amides is 2. The van der Waals surface area contributed by atoms with Gasteiger partial charge in [-0.25, -0.2) is 0 Å². The zero-order valence-corrected chi connectivity index (χ0v) is 15.5. The number of fused-ring (bicyclic) bond motifs is 1. The van der Waals surface area contributed by atoms with Gasteiger partial charge in [-0.3, -0.25) is 9.59 Å². The highest BCUT2D eigenvalue weighted by Crippen LogP contribution is 2.32. The molecule has 4 heteroatoms. The summed E-state index contributed by atoms with van der Waals surface area (Å²) in [6.45, 7) is 9.77. The Morgan fingerprint density at radius 1 is 1.12 bits per heavy atom. The molecule has 1 heterocycles. The Kier molecular flexibility index (Phi) is 6.03. The van der Waals surface area contributed by atoms with Crippen LogP contribution in [-0.2, 0) is 16.0 Å². The Bertz CT molecular complexity index is 589. The first kappa shape index (κ1) is 18.5. The molecule has 0 spiro atoms. The van der Waals surface area contributed by atoms with Crippen molar-refractivity contribution in [3.63, 3.8) is 0 Å². The van der Waals surface area contributed by atoms with Gasteiger partial charge in [0.05, 0.1) is 0 Å². The summed E-state index contributed by atoms with van der Waals surface area (Å²) >= 11 is 0. The quantitative estimate of drug-likeness (QED) is 0.747. The van der Waals surface area contributed by atoms with Crippen LogP contribution in [-0.4, -0.2) is 36.3 Å². The van der Waals surface area contributed by atoms with Crippen LogP contribution < -0.4 is 4.90 Å². The smallest absolute Gasteiger partial charge is 0.242 e. The van der Waals surface area contributed by atoms with E-state index in [-0.39, 0.29) is 11.8 Å². The van der Waals surface area contributed by atoms with Crippen molar-refractivity contribution in [3.05, 3.63) is 29.8 Å². The van der Waals surface area contributed by atoms with Crippen molar-refractivity contribution < 1.29 is 9.59 Å². The van der Waals surface area contributed by atoms with Gasteiger partial charge in [-0.05, 0) is 51.2 Å². The van der Waals surface area contributed by atoms with E-state index in [1.54, 1.807) is 13.8 Å². The van der Waals surface area contributed by atoms with Crippen molar-refractivity contribution in [2.75, 3.05) is 24.5 Å². The van der Waals surface area contributed by atoms with E-state index >= 15 is 0 Å². The van der Waals surface area contributed by atoms with Crippen molar-refractivity contribution >= 4 is 17.5 Å². The molecule has 0 N–H and O–H groups in total. The van der Waals surface area contributed by atoms with E-state index in [4.69, 9.17) is 0 Å². The van der Waals surface area contributed by atoms with Crippen LogP contribution in [0.15, 0.2) is 24.3 Å². The summed E-state index contributed by atoms with van der Waals surface area (Å²) in [5.74, 6) is -0.142. The van der Waals surface area contributed by atoms with Crippen molar-refractivity contribution in [1.82, 2.24) is 4.90 Å². The zero-order chi connectivity index (χ0) is 17.7. The number of carbonyl (C=O) groups excluding carboxylic acids is 2. The van der Waals surface area contributed by atoms with Crippen LogP contribution in [0.4, 0.5) is 5.69 Å². The normalized spacial score (nSPS) is 14.2. The number of carbonyl (C=O) groups is 2. The number of aryl methyl sites for hydroxylation is 1. The molecule has 0 aromatic heterocycles. The molecule has 0 fully saturated rings. The number of nitrogens with zero attached hydrogens (tertiary/aromatic N) is 2. The van der Waals surface area contributed by atoms with E-state index in [1.165, 1.54) is 5.56 Å². The van der Waals surface area contributed by atoms with Gasteiger partial charge in [0, 0.05) is 25.3 Å². The highest BCUT2D eigenvalue weighted by Gasteiger charge is 2.42. The molecule has 1 aliphatic heterocycles. The van der Waals surface area contributed by atoms with E-state index in [0.29, 0.717) is 19.6 Å². The lowest BCUT2D eigenvalue weighted by molar-refractivity contribution is -0.147. The van der Waals surface area contributed by atoms with Gasteiger partial charge in [0.1, 0.15) is 5.41 Å². The second-order valence-electron chi connectivity index (χ2n) is 7.11. The maximum atomic E-state index is 13.2. The van der Waals surface area contributed by atoms with E-state index in [9.17, 15) is 9.59 Å². The lowest BCUT2D eigenvalue weighted by atomic mass is 9.87. The molecule has 0 aliphatic carbocycles. The van der Waals surface area contributed by atoms with Crippen LogP contribution >= 0.6 is 0 Å². The minimum atomic E-state index is -1.03. The molecule has 2 rings (SSSR count). The maximum absolute atomic E-state index is 13.2. The van der Waals surface area contributed by atoms with Gasteiger partial charge in [-0.15, -0.1) is 0 Å². The maximum Gasteiger partial charge on any atom is 0.242 e. The van der Waals surface area contributed by atoms with Crippen molar-refractivity contribution in [2.24, 2.45) is 5.41 Å². The third kappa shape index (κ3) is 3.63. The van der Waals surface area contributed by atoms with Crippen LogP contribution in [0.2, 0.25) is 0 Å². The molecule has 4 nitrogen and oxygen atoms in total. The molecule has 24 heavy (non-hydrogen) atoms. The molecule has 0 atom stereocenters. The molecule has 132 valence electrons. The van der Waals surface area contributed by atoms with Gasteiger partial charge in [0.2, 0.25) is 11.8 Å². The fraction of sp³-hybridized carbons (Fsp3) is 0.600. The number of rotatable bonds is 6. The summed E-state index contributed by atoms with van der Waals surface area (Å²) in [6.07, 6.45) is 3.75. The summed E-state index contributed by atoms with van der Waals surface area (Å²) in [5.41, 5.74) is 1.13. The fourth-order valence-corrected chi connectivity index (χ4v) is 3.42. The molecule has 2 amide bonds. The molecule has 0 saturated heterocycles. The summed E-state index contributed by atoms with van der Waals surface area (Å²) in [5, 5.41) is 0. The number of hydrogen-bond donors (Lipinski definition) is 0. The van der Waals surface area contributed by atoms with Crippen molar-refractivity contribution in [2.45, 2.75) is 53.4 Å². The Morgan fingerprint density at radius 2 is 1.75 bits per heavy atom. The second-order valence-corrected chi connectivity index (χ2v) is 7.11. The van der Waals surface area contributed by atoms with E-state index in [2.05, 4.69) is 19.9 Å². The molecule has 0 radical (unpaired) electrons. The summed E-state index contributed by atoms with van der Waals surface area (Å²) in [6, 6.07) is 8.03. The zero-order valence-electron chi connectivity index (χ0n) is 15.5. The van der Waals surface area contributed by atoms with Crippen LogP contribution in [0.5, 0.6) is 0 Å². The fourth-order valence-electron chi connectivity index (χ4n) is 3.42. The number of hydrogen-bond acceptors (Lipinski definition) is 2. The lowest BCUT2D eigenvalue weighted by Crippen LogP contribution is -2.52. The Labute approximate surface area is 145 Å². The largest absolute Gasteiger partial charge is 0.342 e. The molecular weight excluding hydrogens is 300 g/mol. The van der Waals surface area contributed by atoms with Gasteiger partial charge in [-0.2, -0.15) is 0 Å². The first-order valence-corrected chi connectivity index (χ1v) is 9.12. The van der Waals surface area contributed by atoms with Crippen molar-refractivity contribution in [3.8, 4) is 0 Å². The number of para-hydroxylation sites is 1. The van der Waals surface area contributed by atoms with Crippen LogP contribution in [0, 0.1) is 5.41 Å². The molecule has 1 aliphatic rings. The average Bonchev–Trinajstić information content (AvgIpc) is 2.59. The van der Waals surface area contributed by atoms with E-state index in [0.717, 1.165) is 31.4 Å². The highest BCUT2D eigenvalue weighted by molar-refractivity contribution is 6.11. The Hall–Kier alpha value is -1.84. The van der Waals surface area contributed by atoms with Gasteiger partial charge in [0.25, 0.3) is 0 Å². The predicted octanol–water partition coefficient (Wildman–Crippen LogP) is 3.64. The third-order valence-corrected chi connectivity index (χ3v) is 4.70. The molecular formula is C20H30N2O2. The first-order valence-electron chi connectivity index (χ1n) is 9.12. The van der Waals surface area contributed by atoms with Gasteiger partial charge >= 0.3 is 0 Å². The van der Waals surface area contributed by atoms with Gasteiger partial charge in [-0.1, -0.05) is 32.0 Å². The SMILES string of the molecule is CCCN(CCC)C(=O)C(C)(C)C(=O)N1CCCc2ccccc21. The van der Waals surface area contributed by atoms with Crippen LogP contribution in [0.25, 0.3) is 0 Å². The van der Waals surface area contributed by atoms with Crippen LogP contribution in [0.3, 0.4) is 0 Å². The standard InChI is InChI=1S/C20H30N2O2/c1-5-13-21(14-6-2)18(23)20(3,4)19(24)22-15-9-11-16-10-7-8-12-17(16)22/h7-8,10,12H,5-6,9,11,13-15H2,1-4H3. The second kappa shape index (κ2) is 7.82. The van der Waals surface area contributed by atoms with E-state index < -0.39 is 5.41 Å². The Balaban J connectivity index is 2.26. The minimum absolute atomic E-state index is 0.0562. The summed E-state index contributed by atoms with van der Waals surface area (Å²) in [4.78, 5) is 29.9. The average molecular weight is 330 g/mol. The lowest BCUT2D eigenvalue weighted by Gasteiger charge is -2.37. The molecule has 1 aromatic rings. The number of anilines is 1. The van der Waals surface area contributed by atoms with Crippen molar-refractivity contribution in [1.29, 1.82) is 0 Å². The molecule has 1 aromatic carbocycles. The predicted molar refractivity (Wildman–Crippen MR) is 98.1 cm³/mol. The Morgan fingerprint density at radius 3 is 2.38 bits per heavy atom. The summed E-state index contributed by atoms with van der Waals surface area (Å²) < 4.78 is 0. The first-order chi connectivity index (χ1) is 11.4. The van der Waals surface area contributed by atoms with Gasteiger partial charge < -0.3 is 9.80 Å². The molecule has 0 bridgehead atoms. The van der Waals surface area contributed by atoms with Crippen LogP contribution in [0.1, 0.15) is 52.5 Å². The molecule has 0 unspecified atom stereocenters.